The van der Waals surface area contributed by atoms with Crippen molar-refractivity contribution in [3.8, 4) is 5.75 Å². The molecule has 0 aliphatic heterocycles. The minimum absolute atomic E-state index is 0.0466. The number of nitrogens with one attached hydrogen (secondary N) is 1. The minimum atomic E-state index is -3.75. The van der Waals surface area contributed by atoms with Crippen LogP contribution in [-0.4, -0.2) is 33.0 Å². The van der Waals surface area contributed by atoms with Gasteiger partial charge in [-0.3, -0.25) is 9.59 Å². The fourth-order valence-corrected chi connectivity index (χ4v) is 3.16. The van der Waals surface area contributed by atoms with Crippen LogP contribution in [0.3, 0.4) is 0 Å². The molecule has 0 spiro atoms. The highest BCUT2D eigenvalue weighted by molar-refractivity contribution is 7.92. The van der Waals surface area contributed by atoms with Gasteiger partial charge in [0, 0.05) is 11.3 Å². The van der Waals surface area contributed by atoms with Crippen molar-refractivity contribution < 1.29 is 22.7 Å². The molecule has 6 nitrogen and oxygen atoms in total. The molecule has 0 saturated carbocycles. The van der Waals surface area contributed by atoms with Crippen molar-refractivity contribution in [2.45, 2.75) is 11.8 Å². The molecule has 0 aliphatic carbocycles. The van der Waals surface area contributed by atoms with Crippen LogP contribution < -0.4 is 10.1 Å². The van der Waals surface area contributed by atoms with Gasteiger partial charge in [0.15, 0.2) is 15.6 Å². The van der Waals surface area contributed by atoms with Gasteiger partial charge in [-0.05, 0) is 55.5 Å². The topological polar surface area (TPSA) is 89.5 Å². The highest BCUT2D eigenvalue weighted by Gasteiger charge is 2.19. The summed E-state index contributed by atoms with van der Waals surface area (Å²) in [4.78, 5) is 23.2. The molecule has 0 bridgehead atoms. The molecule has 1 N–H and O–H groups in total. The van der Waals surface area contributed by atoms with Crippen LogP contribution in [0, 0.1) is 0 Å². The molecule has 0 unspecified atom stereocenters. The van der Waals surface area contributed by atoms with Crippen LogP contribution in [0.2, 0.25) is 0 Å². The molecule has 126 valence electrons. The quantitative estimate of drug-likeness (QED) is 0.810. The zero-order valence-electron chi connectivity index (χ0n) is 13.3. The van der Waals surface area contributed by atoms with Gasteiger partial charge in [0.1, 0.15) is 11.5 Å². The lowest BCUT2D eigenvalue weighted by atomic mass is 10.1. The molecule has 0 radical (unpaired) electrons. The molecule has 0 fully saturated rings. The van der Waals surface area contributed by atoms with Gasteiger partial charge in [-0.25, -0.2) is 8.42 Å². The van der Waals surface area contributed by atoms with Gasteiger partial charge in [-0.2, -0.15) is 0 Å². The molecule has 7 heteroatoms. The van der Waals surface area contributed by atoms with E-state index in [2.05, 4.69) is 5.32 Å². The predicted molar refractivity (Wildman–Crippen MR) is 90.1 cm³/mol. The van der Waals surface area contributed by atoms with Crippen molar-refractivity contribution in [3.63, 3.8) is 0 Å². The van der Waals surface area contributed by atoms with Gasteiger partial charge in [-0.1, -0.05) is 0 Å². The van der Waals surface area contributed by atoms with Crippen molar-refractivity contribution in [1.82, 2.24) is 0 Å². The molecule has 0 heterocycles. The van der Waals surface area contributed by atoms with Gasteiger partial charge < -0.3 is 10.1 Å². The number of ether oxygens (including phenoxy) is 1. The lowest BCUT2D eigenvalue weighted by Gasteiger charge is -2.07. The Hall–Kier alpha value is -2.67. The van der Waals surface area contributed by atoms with E-state index in [1.165, 1.54) is 38.3 Å². The van der Waals surface area contributed by atoms with E-state index >= 15 is 0 Å². The Morgan fingerprint density at radius 1 is 1.00 bits per heavy atom. The van der Waals surface area contributed by atoms with Crippen molar-refractivity contribution in [2.75, 3.05) is 18.2 Å². The van der Waals surface area contributed by atoms with Gasteiger partial charge >= 0.3 is 0 Å². The van der Waals surface area contributed by atoms with Crippen LogP contribution in [0.1, 0.15) is 17.3 Å². The summed E-state index contributed by atoms with van der Waals surface area (Å²) in [7, 11) is -2.27. The summed E-state index contributed by atoms with van der Waals surface area (Å²) in [5, 5.41) is 2.50. The van der Waals surface area contributed by atoms with Gasteiger partial charge in [0.05, 0.1) is 12.0 Å². The third kappa shape index (κ3) is 4.42. The van der Waals surface area contributed by atoms with Crippen LogP contribution >= 0.6 is 0 Å². The van der Waals surface area contributed by atoms with Crippen molar-refractivity contribution in [2.24, 2.45) is 0 Å². The lowest BCUT2D eigenvalue weighted by molar-refractivity contribution is -0.113. The number of rotatable bonds is 6. The number of methoxy groups -OCH3 is 1. The van der Waals surface area contributed by atoms with E-state index in [1.54, 1.807) is 24.3 Å². The number of anilines is 1. The van der Waals surface area contributed by atoms with Crippen molar-refractivity contribution in [1.29, 1.82) is 0 Å². The average Bonchev–Trinajstić information content (AvgIpc) is 2.54. The molecule has 24 heavy (non-hydrogen) atoms. The Morgan fingerprint density at radius 3 is 2.08 bits per heavy atom. The van der Waals surface area contributed by atoms with E-state index in [4.69, 9.17) is 4.74 Å². The minimum Gasteiger partial charge on any atom is -0.497 e. The second kappa shape index (κ2) is 7.27. The highest BCUT2D eigenvalue weighted by atomic mass is 32.2. The van der Waals surface area contributed by atoms with Gasteiger partial charge in [-0.15, -0.1) is 0 Å². The maximum Gasteiger partial charge on any atom is 0.239 e. The summed E-state index contributed by atoms with van der Waals surface area (Å²) in [5.41, 5.74) is 0.939. The number of Topliss-reactive ketones (excluding diaryl/α,β-unsaturated/α-hetero) is 1. The molecule has 0 aromatic heterocycles. The standard InChI is InChI=1S/C17H17NO5S/c1-12(19)13-3-5-14(6-4-13)18-17(20)11-24(21,22)16-9-7-15(23-2)8-10-16/h3-10H,11H2,1-2H3,(H,18,20). The molecule has 0 aliphatic rings. The van der Waals surface area contributed by atoms with Crippen LogP contribution in [0.4, 0.5) is 5.69 Å². The number of hydrogen-bond donors (Lipinski definition) is 1. The second-order valence-corrected chi connectivity index (χ2v) is 7.11. The highest BCUT2D eigenvalue weighted by Crippen LogP contribution is 2.17. The molecule has 0 atom stereocenters. The summed E-state index contributed by atoms with van der Waals surface area (Å²) in [5.74, 6) is -0.881. The summed E-state index contributed by atoms with van der Waals surface area (Å²) >= 11 is 0. The first-order chi connectivity index (χ1) is 11.3. The van der Waals surface area contributed by atoms with Gasteiger partial charge in [0.2, 0.25) is 5.91 Å². The van der Waals surface area contributed by atoms with E-state index in [-0.39, 0.29) is 10.7 Å². The third-order valence-electron chi connectivity index (χ3n) is 3.31. The molecule has 0 saturated heterocycles. The molecule has 1 amide bonds. The van der Waals surface area contributed by atoms with Crippen LogP contribution in [0.25, 0.3) is 0 Å². The normalized spacial score (nSPS) is 10.9. The molecule has 2 aromatic rings. The Bertz CT molecular complexity index is 840. The lowest BCUT2D eigenvalue weighted by Crippen LogP contribution is -2.23. The summed E-state index contributed by atoms with van der Waals surface area (Å²) in [6, 6.07) is 12.1. The second-order valence-electron chi connectivity index (χ2n) is 5.12. The Kier molecular flexibility index (Phi) is 5.35. The SMILES string of the molecule is COc1ccc(S(=O)(=O)CC(=O)Nc2ccc(C(C)=O)cc2)cc1. The van der Waals surface area contributed by atoms with Crippen LogP contribution in [-0.2, 0) is 14.6 Å². The third-order valence-corrected chi connectivity index (χ3v) is 4.95. The number of carbonyl (C=O) groups is 2. The first-order valence-electron chi connectivity index (χ1n) is 7.09. The maximum atomic E-state index is 12.2. The molecular formula is C17H17NO5S. The number of ketones is 1. The zero-order valence-corrected chi connectivity index (χ0v) is 14.1. The Labute approximate surface area is 140 Å². The molecule has 2 aromatic carbocycles. The van der Waals surface area contributed by atoms with E-state index in [0.717, 1.165) is 0 Å². The van der Waals surface area contributed by atoms with E-state index in [0.29, 0.717) is 17.0 Å². The first-order valence-corrected chi connectivity index (χ1v) is 8.75. The number of carbonyl (C=O) groups excluding carboxylic acids is 2. The fraction of sp³-hybridized carbons (Fsp3) is 0.176. The first kappa shape index (κ1) is 17.7. The monoisotopic (exact) mass is 347 g/mol. The fourth-order valence-electron chi connectivity index (χ4n) is 2.02. The number of amides is 1. The Morgan fingerprint density at radius 2 is 1.58 bits per heavy atom. The summed E-state index contributed by atoms with van der Waals surface area (Å²) in [6.45, 7) is 1.44. The van der Waals surface area contributed by atoms with E-state index < -0.39 is 21.5 Å². The molecule has 2 rings (SSSR count). The predicted octanol–water partition coefficient (Wildman–Crippen LogP) is 2.31. The average molecular weight is 347 g/mol. The van der Waals surface area contributed by atoms with E-state index in [9.17, 15) is 18.0 Å². The maximum absolute atomic E-state index is 12.2. The van der Waals surface area contributed by atoms with E-state index in [1.807, 2.05) is 0 Å². The van der Waals surface area contributed by atoms with Crippen LogP contribution in [0.15, 0.2) is 53.4 Å². The smallest absolute Gasteiger partial charge is 0.239 e. The number of hydrogen-bond acceptors (Lipinski definition) is 5. The van der Waals surface area contributed by atoms with Crippen molar-refractivity contribution in [3.05, 3.63) is 54.1 Å². The number of sulfone groups is 1. The van der Waals surface area contributed by atoms with Gasteiger partial charge in [0.25, 0.3) is 0 Å². The van der Waals surface area contributed by atoms with Crippen molar-refractivity contribution >= 4 is 27.2 Å². The van der Waals surface area contributed by atoms with Crippen LogP contribution in [0.5, 0.6) is 5.75 Å². The number of benzene rings is 2. The zero-order chi connectivity index (χ0) is 17.7. The largest absolute Gasteiger partial charge is 0.497 e. The summed E-state index contributed by atoms with van der Waals surface area (Å²) < 4.78 is 29.4. The summed E-state index contributed by atoms with van der Waals surface area (Å²) in [6.07, 6.45) is 0. The Balaban J connectivity index is 2.05. The molecular weight excluding hydrogens is 330 g/mol.